The van der Waals surface area contributed by atoms with Crippen LogP contribution in [0.4, 0.5) is 0 Å². The third kappa shape index (κ3) is 2.81. The summed E-state index contributed by atoms with van der Waals surface area (Å²) < 4.78 is 5.41. The van der Waals surface area contributed by atoms with E-state index in [1.54, 1.807) is 0 Å². The third-order valence-electron chi connectivity index (χ3n) is 2.27. The van der Waals surface area contributed by atoms with Crippen molar-refractivity contribution < 1.29 is 9.21 Å². The van der Waals surface area contributed by atoms with Crippen LogP contribution in [0.5, 0.6) is 0 Å². The van der Waals surface area contributed by atoms with Crippen LogP contribution >= 0.6 is 0 Å². The molecule has 1 rings (SSSR count). The summed E-state index contributed by atoms with van der Waals surface area (Å²) in [5.74, 6) is 5.71. The van der Waals surface area contributed by atoms with Crippen LogP contribution in [0.1, 0.15) is 28.8 Å². The van der Waals surface area contributed by atoms with Crippen LogP contribution in [0.25, 0.3) is 0 Å². The molecule has 0 spiro atoms. The summed E-state index contributed by atoms with van der Waals surface area (Å²) in [6.45, 7) is 5.50. The van der Waals surface area contributed by atoms with Gasteiger partial charge in [0, 0.05) is 5.56 Å². The Kier molecular flexibility index (Phi) is 3.88. The Labute approximate surface area is 89.2 Å². The number of hydrogen-bond acceptors (Lipinski definition) is 4. The summed E-state index contributed by atoms with van der Waals surface area (Å²) in [6.07, 6.45) is 0. The van der Waals surface area contributed by atoms with Crippen molar-refractivity contribution in [1.82, 2.24) is 10.3 Å². The van der Waals surface area contributed by atoms with E-state index in [1.807, 2.05) is 20.0 Å². The molecule has 0 saturated heterocycles. The smallest absolute Gasteiger partial charge is 0.301 e. The second kappa shape index (κ2) is 4.95. The van der Waals surface area contributed by atoms with Gasteiger partial charge in [0.1, 0.15) is 5.76 Å². The lowest BCUT2D eigenvalue weighted by atomic mass is 10.2. The molecule has 1 heterocycles. The number of nitrogens with one attached hydrogen (secondary N) is 1. The van der Waals surface area contributed by atoms with E-state index in [0.29, 0.717) is 6.54 Å². The molecule has 15 heavy (non-hydrogen) atoms. The van der Waals surface area contributed by atoms with E-state index in [9.17, 15) is 4.79 Å². The fraction of sp³-hybridized carbons (Fsp3) is 0.500. The van der Waals surface area contributed by atoms with E-state index in [1.165, 1.54) is 0 Å². The predicted octanol–water partition coefficient (Wildman–Crippen LogP) is 0.643. The van der Waals surface area contributed by atoms with Crippen LogP contribution < -0.4 is 11.3 Å². The Morgan fingerprint density at radius 2 is 2.33 bits per heavy atom. The number of hydrazine groups is 1. The molecule has 0 atom stereocenters. The van der Waals surface area contributed by atoms with Crippen molar-refractivity contribution in [2.24, 2.45) is 5.84 Å². The number of nitrogen functional groups attached to an aromatic ring is 1. The number of nitrogens with zero attached hydrogens (tertiary/aromatic N) is 1. The zero-order valence-corrected chi connectivity index (χ0v) is 9.33. The van der Waals surface area contributed by atoms with E-state index in [2.05, 4.69) is 17.2 Å². The molecule has 1 aromatic heterocycles. The maximum atomic E-state index is 11.3. The van der Waals surface area contributed by atoms with Crippen molar-refractivity contribution >= 4 is 5.91 Å². The number of carbonyl (C=O) groups is 1. The maximum absolute atomic E-state index is 11.3. The molecule has 0 aromatic carbocycles. The van der Waals surface area contributed by atoms with Gasteiger partial charge in [0.05, 0.1) is 6.54 Å². The van der Waals surface area contributed by atoms with Gasteiger partial charge in [-0.15, -0.1) is 0 Å². The quantitative estimate of drug-likeness (QED) is 0.435. The number of aryl methyl sites for hydroxylation is 1. The zero-order valence-electron chi connectivity index (χ0n) is 9.33. The summed E-state index contributed by atoms with van der Waals surface area (Å²) in [5, 5.41) is 0. The zero-order chi connectivity index (χ0) is 11.4. The largest absolute Gasteiger partial charge is 0.454 e. The fourth-order valence-electron chi connectivity index (χ4n) is 1.29. The lowest BCUT2D eigenvalue weighted by molar-refractivity contribution is 0.0921. The Bertz CT molecular complexity index is 346. The number of hydrogen-bond donors (Lipinski definition) is 2. The van der Waals surface area contributed by atoms with Gasteiger partial charge in [-0.1, -0.05) is 6.92 Å². The Morgan fingerprint density at radius 3 is 2.87 bits per heavy atom. The third-order valence-corrected chi connectivity index (χ3v) is 2.27. The van der Waals surface area contributed by atoms with Gasteiger partial charge in [-0.2, -0.15) is 0 Å². The lowest BCUT2D eigenvalue weighted by Crippen LogP contribution is -2.30. The van der Waals surface area contributed by atoms with Crippen LogP contribution in [0.15, 0.2) is 10.5 Å². The van der Waals surface area contributed by atoms with Crippen LogP contribution in [0, 0.1) is 6.92 Å². The molecule has 0 aliphatic heterocycles. The molecule has 84 valence electrons. The Hall–Kier alpha value is -1.33. The standard InChI is InChI=1S/C10H17N3O2/c1-4-13(3)6-8-5-7(2)9(15-8)10(14)12-11/h5H,4,6,11H2,1-3H3,(H,12,14). The number of amides is 1. The molecule has 1 amide bonds. The van der Waals surface area contributed by atoms with Crippen LogP contribution in [-0.4, -0.2) is 24.4 Å². The summed E-state index contributed by atoms with van der Waals surface area (Å²) in [7, 11) is 1.99. The molecule has 0 saturated carbocycles. The van der Waals surface area contributed by atoms with Gasteiger partial charge in [-0.05, 0) is 26.6 Å². The van der Waals surface area contributed by atoms with Gasteiger partial charge >= 0.3 is 5.91 Å². The first-order valence-electron chi connectivity index (χ1n) is 4.87. The molecule has 0 fully saturated rings. The average Bonchev–Trinajstić information content (AvgIpc) is 2.58. The number of nitrogens with two attached hydrogens (primary N) is 1. The highest BCUT2D eigenvalue weighted by Crippen LogP contribution is 2.15. The molecule has 0 radical (unpaired) electrons. The van der Waals surface area contributed by atoms with E-state index < -0.39 is 5.91 Å². The highest BCUT2D eigenvalue weighted by Gasteiger charge is 2.14. The lowest BCUT2D eigenvalue weighted by Gasteiger charge is -2.10. The first-order chi connectivity index (χ1) is 7.08. The van der Waals surface area contributed by atoms with E-state index in [4.69, 9.17) is 10.3 Å². The minimum absolute atomic E-state index is 0.289. The minimum Gasteiger partial charge on any atom is -0.454 e. The monoisotopic (exact) mass is 211 g/mol. The van der Waals surface area contributed by atoms with Gasteiger partial charge in [0.15, 0.2) is 5.76 Å². The number of furan rings is 1. The van der Waals surface area contributed by atoms with Crippen molar-refractivity contribution in [1.29, 1.82) is 0 Å². The maximum Gasteiger partial charge on any atom is 0.301 e. The number of carbonyl (C=O) groups excluding carboxylic acids is 1. The molecule has 0 aliphatic rings. The Morgan fingerprint density at radius 1 is 1.67 bits per heavy atom. The summed E-state index contributed by atoms with van der Waals surface area (Å²) in [5.41, 5.74) is 2.86. The molecular formula is C10H17N3O2. The van der Waals surface area contributed by atoms with Gasteiger partial charge in [-0.25, -0.2) is 5.84 Å². The van der Waals surface area contributed by atoms with Crippen molar-refractivity contribution in [3.05, 3.63) is 23.2 Å². The predicted molar refractivity (Wildman–Crippen MR) is 57.1 cm³/mol. The van der Waals surface area contributed by atoms with Gasteiger partial charge in [0.2, 0.25) is 0 Å². The second-order valence-electron chi connectivity index (χ2n) is 3.53. The van der Waals surface area contributed by atoms with E-state index in [-0.39, 0.29) is 5.76 Å². The van der Waals surface area contributed by atoms with E-state index in [0.717, 1.165) is 17.9 Å². The fourth-order valence-corrected chi connectivity index (χ4v) is 1.29. The highest BCUT2D eigenvalue weighted by atomic mass is 16.4. The molecule has 5 heteroatoms. The van der Waals surface area contributed by atoms with Crippen molar-refractivity contribution in [2.75, 3.05) is 13.6 Å². The van der Waals surface area contributed by atoms with Crippen LogP contribution in [0.3, 0.4) is 0 Å². The molecule has 3 N–H and O–H groups in total. The second-order valence-corrected chi connectivity index (χ2v) is 3.53. The molecule has 0 bridgehead atoms. The molecular weight excluding hydrogens is 194 g/mol. The first kappa shape index (κ1) is 11.7. The van der Waals surface area contributed by atoms with Crippen LogP contribution in [-0.2, 0) is 6.54 Å². The highest BCUT2D eigenvalue weighted by molar-refractivity contribution is 5.92. The van der Waals surface area contributed by atoms with Crippen molar-refractivity contribution in [3.8, 4) is 0 Å². The van der Waals surface area contributed by atoms with Gasteiger partial charge in [0.25, 0.3) is 0 Å². The Balaban J connectivity index is 2.81. The van der Waals surface area contributed by atoms with Crippen LogP contribution in [0.2, 0.25) is 0 Å². The SMILES string of the molecule is CCN(C)Cc1cc(C)c(C(=O)NN)o1. The van der Waals surface area contributed by atoms with Gasteiger partial charge in [-0.3, -0.25) is 15.1 Å². The van der Waals surface area contributed by atoms with Crippen molar-refractivity contribution in [2.45, 2.75) is 20.4 Å². The summed E-state index contributed by atoms with van der Waals surface area (Å²) >= 11 is 0. The normalized spacial score (nSPS) is 10.7. The van der Waals surface area contributed by atoms with E-state index >= 15 is 0 Å². The van der Waals surface area contributed by atoms with Crippen molar-refractivity contribution in [3.63, 3.8) is 0 Å². The first-order valence-corrected chi connectivity index (χ1v) is 4.87. The van der Waals surface area contributed by atoms with Gasteiger partial charge < -0.3 is 4.42 Å². The minimum atomic E-state index is -0.391. The molecule has 1 aromatic rings. The summed E-state index contributed by atoms with van der Waals surface area (Å²) in [4.78, 5) is 13.3. The number of rotatable bonds is 4. The average molecular weight is 211 g/mol. The topological polar surface area (TPSA) is 71.5 Å². The molecule has 0 unspecified atom stereocenters. The molecule has 5 nitrogen and oxygen atoms in total. The molecule has 0 aliphatic carbocycles. The summed E-state index contributed by atoms with van der Waals surface area (Å²) in [6, 6.07) is 1.86.